The number of hydrogen-bond donors (Lipinski definition) is 1. The number of hydrogen-bond acceptors (Lipinski definition) is 3. The topological polar surface area (TPSA) is 55.4 Å². The van der Waals surface area contributed by atoms with Gasteiger partial charge in [0.2, 0.25) is 5.91 Å². The Hall–Kier alpha value is -1.91. The zero-order valence-corrected chi connectivity index (χ0v) is 12.1. The standard InChI is InChI=1S/C16H20FNO3/c1-21-16(20)9-8-15(19)18-14-7-4-12(10-14)11-2-5-13(17)6-3-11/h2-3,5-6,12,14H,4,7-10H2,1H3,(H,18,19)/t12-,14-/m1/s1. The number of benzene rings is 1. The van der Waals surface area contributed by atoms with Crippen molar-refractivity contribution in [1.82, 2.24) is 5.32 Å². The van der Waals surface area contributed by atoms with Crippen molar-refractivity contribution in [3.63, 3.8) is 0 Å². The van der Waals surface area contributed by atoms with Crippen LogP contribution in [-0.4, -0.2) is 25.0 Å². The fraction of sp³-hybridized carbons (Fsp3) is 0.500. The molecular weight excluding hydrogens is 273 g/mol. The molecule has 2 rings (SSSR count). The van der Waals surface area contributed by atoms with Crippen molar-refractivity contribution in [2.75, 3.05) is 7.11 Å². The van der Waals surface area contributed by atoms with Gasteiger partial charge in [-0.3, -0.25) is 9.59 Å². The molecule has 1 amide bonds. The van der Waals surface area contributed by atoms with Crippen molar-refractivity contribution in [2.24, 2.45) is 0 Å². The Balaban J connectivity index is 1.78. The summed E-state index contributed by atoms with van der Waals surface area (Å²) in [6.07, 6.45) is 3.01. The molecule has 5 heteroatoms. The van der Waals surface area contributed by atoms with E-state index in [0.29, 0.717) is 5.92 Å². The first-order valence-electron chi connectivity index (χ1n) is 7.20. The van der Waals surface area contributed by atoms with E-state index in [1.807, 2.05) is 0 Å². The molecule has 0 aromatic heterocycles. The van der Waals surface area contributed by atoms with Gasteiger partial charge in [0.05, 0.1) is 13.5 Å². The summed E-state index contributed by atoms with van der Waals surface area (Å²) in [5.74, 6) is -0.369. The Labute approximate surface area is 123 Å². The van der Waals surface area contributed by atoms with Crippen molar-refractivity contribution in [2.45, 2.75) is 44.1 Å². The van der Waals surface area contributed by atoms with Crippen LogP contribution in [-0.2, 0) is 14.3 Å². The Bertz CT molecular complexity index is 501. The molecule has 1 fully saturated rings. The summed E-state index contributed by atoms with van der Waals surface area (Å²) in [6.45, 7) is 0. The first-order chi connectivity index (χ1) is 10.1. The van der Waals surface area contributed by atoms with Crippen LogP contribution in [0, 0.1) is 5.82 Å². The second kappa shape index (κ2) is 7.20. The van der Waals surface area contributed by atoms with Crippen LogP contribution in [0.1, 0.15) is 43.6 Å². The van der Waals surface area contributed by atoms with E-state index in [-0.39, 0.29) is 36.6 Å². The number of nitrogens with one attached hydrogen (secondary N) is 1. The number of rotatable bonds is 5. The quantitative estimate of drug-likeness (QED) is 0.849. The molecule has 0 bridgehead atoms. The molecule has 0 saturated heterocycles. The van der Waals surface area contributed by atoms with Crippen LogP contribution in [0.2, 0.25) is 0 Å². The van der Waals surface area contributed by atoms with E-state index in [4.69, 9.17) is 0 Å². The Kier molecular flexibility index (Phi) is 5.31. The van der Waals surface area contributed by atoms with Gasteiger partial charge in [-0.05, 0) is 42.9 Å². The highest BCUT2D eigenvalue weighted by molar-refractivity contribution is 5.81. The Morgan fingerprint density at radius 2 is 1.95 bits per heavy atom. The Morgan fingerprint density at radius 1 is 1.24 bits per heavy atom. The highest BCUT2D eigenvalue weighted by Crippen LogP contribution is 2.34. The molecule has 1 saturated carbocycles. The highest BCUT2D eigenvalue weighted by atomic mass is 19.1. The number of ether oxygens (including phenoxy) is 1. The van der Waals surface area contributed by atoms with Gasteiger partial charge in [0, 0.05) is 12.5 Å². The maximum atomic E-state index is 12.9. The largest absolute Gasteiger partial charge is 0.469 e. The lowest BCUT2D eigenvalue weighted by Gasteiger charge is -2.13. The summed E-state index contributed by atoms with van der Waals surface area (Å²) >= 11 is 0. The molecule has 0 spiro atoms. The van der Waals surface area contributed by atoms with Gasteiger partial charge in [-0.15, -0.1) is 0 Å². The van der Waals surface area contributed by atoms with E-state index in [0.717, 1.165) is 24.8 Å². The van der Waals surface area contributed by atoms with E-state index in [1.165, 1.54) is 19.2 Å². The minimum absolute atomic E-state index is 0.108. The van der Waals surface area contributed by atoms with Crippen LogP contribution >= 0.6 is 0 Å². The van der Waals surface area contributed by atoms with E-state index in [9.17, 15) is 14.0 Å². The smallest absolute Gasteiger partial charge is 0.306 e. The number of amides is 1. The number of methoxy groups -OCH3 is 1. The van der Waals surface area contributed by atoms with Gasteiger partial charge in [-0.1, -0.05) is 12.1 Å². The van der Waals surface area contributed by atoms with E-state index >= 15 is 0 Å². The van der Waals surface area contributed by atoms with Gasteiger partial charge in [-0.2, -0.15) is 0 Å². The van der Waals surface area contributed by atoms with Gasteiger partial charge < -0.3 is 10.1 Å². The van der Waals surface area contributed by atoms with Crippen molar-refractivity contribution < 1.29 is 18.7 Å². The summed E-state index contributed by atoms with van der Waals surface area (Å²) in [5, 5.41) is 2.95. The number of carbonyl (C=O) groups excluding carboxylic acids is 2. The third kappa shape index (κ3) is 4.55. The highest BCUT2D eigenvalue weighted by Gasteiger charge is 2.27. The van der Waals surface area contributed by atoms with Crippen LogP contribution in [0.4, 0.5) is 4.39 Å². The maximum Gasteiger partial charge on any atom is 0.306 e. The van der Waals surface area contributed by atoms with Crippen molar-refractivity contribution in [3.05, 3.63) is 35.6 Å². The molecule has 1 aliphatic rings. The lowest BCUT2D eigenvalue weighted by molar-refractivity contribution is -0.142. The minimum Gasteiger partial charge on any atom is -0.469 e. The van der Waals surface area contributed by atoms with Gasteiger partial charge in [0.1, 0.15) is 5.82 Å². The van der Waals surface area contributed by atoms with Crippen molar-refractivity contribution in [3.8, 4) is 0 Å². The summed E-state index contributed by atoms with van der Waals surface area (Å²) in [7, 11) is 1.31. The molecule has 0 heterocycles. The average molecular weight is 293 g/mol. The minimum atomic E-state index is -0.374. The average Bonchev–Trinajstić information content (AvgIpc) is 2.94. The molecule has 0 unspecified atom stereocenters. The second-order valence-corrected chi connectivity index (χ2v) is 5.40. The predicted octanol–water partition coefficient (Wildman–Crippen LogP) is 2.53. The van der Waals surface area contributed by atoms with E-state index < -0.39 is 0 Å². The van der Waals surface area contributed by atoms with Gasteiger partial charge >= 0.3 is 5.97 Å². The van der Waals surface area contributed by atoms with Crippen molar-refractivity contribution >= 4 is 11.9 Å². The summed E-state index contributed by atoms with van der Waals surface area (Å²) in [4.78, 5) is 22.7. The third-order valence-corrected chi connectivity index (χ3v) is 3.92. The molecule has 1 aromatic rings. The SMILES string of the molecule is COC(=O)CCC(=O)N[C@@H]1CC[C@@H](c2ccc(F)cc2)C1. The number of carbonyl (C=O) groups is 2. The molecule has 2 atom stereocenters. The van der Waals surface area contributed by atoms with Crippen LogP contribution < -0.4 is 5.32 Å². The maximum absolute atomic E-state index is 12.9. The lowest BCUT2D eigenvalue weighted by atomic mass is 9.97. The Morgan fingerprint density at radius 3 is 2.62 bits per heavy atom. The van der Waals surface area contributed by atoms with Gasteiger partial charge in [-0.25, -0.2) is 4.39 Å². The number of halogens is 1. The van der Waals surface area contributed by atoms with Crippen LogP contribution in [0.15, 0.2) is 24.3 Å². The van der Waals surface area contributed by atoms with Crippen LogP contribution in [0.3, 0.4) is 0 Å². The van der Waals surface area contributed by atoms with Crippen LogP contribution in [0.5, 0.6) is 0 Å². The zero-order valence-electron chi connectivity index (χ0n) is 12.1. The fourth-order valence-corrected chi connectivity index (χ4v) is 2.77. The molecule has 0 radical (unpaired) electrons. The first kappa shape index (κ1) is 15.5. The molecule has 0 aliphatic heterocycles. The lowest BCUT2D eigenvalue weighted by Crippen LogP contribution is -2.33. The predicted molar refractivity (Wildman–Crippen MR) is 76.2 cm³/mol. The molecule has 1 aromatic carbocycles. The second-order valence-electron chi connectivity index (χ2n) is 5.40. The molecule has 21 heavy (non-hydrogen) atoms. The van der Waals surface area contributed by atoms with Gasteiger partial charge in [0.15, 0.2) is 0 Å². The third-order valence-electron chi connectivity index (χ3n) is 3.92. The number of esters is 1. The molecule has 1 aliphatic carbocycles. The zero-order chi connectivity index (χ0) is 15.2. The molecule has 1 N–H and O–H groups in total. The first-order valence-corrected chi connectivity index (χ1v) is 7.20. The summed E-state index contributed by atoms with van der Waals surface area (Å²) < 4.78 is 17.4. The molecule has 4 nitrogen and oxygen atoms in total. The monoisotopic (exact) mass is 293 g/mol. The normalized spacial score (nSPS) is 21.0. The van der Waals surface area contributed by atoms with E-state index in [2.05, 4.69) is 10.1 Å². The van der Waals surface area contributed by atoms with Crippen LogP contribution in [0.25, 0.3) is 0 Å². The summed E-state index contributed by atoms with van der Waals surface area (Å²) in [5.41, 5.74) is 1.11. The van der Waals surface area contributed by atoms with Crippen molar-refractivity contribution in [1.29, 1.82) is 0 Å². The molecule has 114 valence electrons. The summed E-state index contributed by atoms with van der Waals surface area (Å²) in [6, 6.07) is 6.68. The van der Waals surface area contributed by atoms with E-state index in [1.54, 1.807) is 12.1 Å². The molecular formula is C16H20FNO3. The van der Waals surface area contributed by atoms with Gasteiger partial charge in [0.25, 0.3) is 0 Å². The fourth-order valence-electron chi connectivity index (χ4n) is 2.77.